The molecule has 2 heterocycles. The first-order valence-electron chi connectivity index (χ1n) is 6.19. The molecule has 1 aliphatic heterocycles. The number of hydrogen-bond donors (Lipinski definition) is 1. The second kappa shape index (κ2) is 5.99. The first-order valence-corrected chi connectivity index (χ1v) is 6.19. The fourth-order valence-corrected chi connectivity index (χ4v) is 2.00. The Morgan fingerprint density at radius 2 is 2.42 bits per heavy atom. The van der Waals surface area contributed by atoms with Gasteiger partial charge in [-0.1, -0.05) is 0 Å². The summed E-state index contributed by atoms with van der Waals surface area (Å²) < 4.78 is 10.4. The number of morpholine rings is 1. The number of aliphatic hydroxyl groups excluding tert-OH is 1. The minimum absolute atomic E-state index is 0.0163. The van der Waals surface area contributed by atoms with Crippen molar-refractivity contribution in [3.8, 4) is 5.88 Å². The molecule has 1 aliphatic rings. The molecule has 19 heavy (non-hydrogen) atoms. The minimum atomic E-state index is -0.314. The Bertz CT molecular complexity index is 435. The van der Waals surface area contributed by atoms with Crippen LogP contribution in [0.2, 0.25) is 0 Å². The van der Waals surface area contributed by atoms with E-state index >= 15 is 0 Å². The average molecular weight is 266 g/mol. The van der Waals surface area contributed by atoms with Crippen molar-refractivity contribution in [2.45, 2.75) is 19.1 Å². The van der Waals surface area contributed by atoms with Crippen LogP contribution in [0.4, 0.5) is 0 Å². The molecular weight excluding hydrogens is 248 g/mol. The van der Waals surface area contributed by atoms with Gasteiger partial charge < -0.3 is 19.5 Å². The third-order valence-electron chi connectivity index (χ3n) is 3.16. The molecule has 1 amide bonds. The fourth-order valence-electron chi connectivity index (χ4n) is 2.00. The molecular formula is C13H18N2O4. The van der Waals surface area contributed by atoms with Crippen molar-refractivity contribution in [3.05, 3.63) is 23.9 Å². The number of hydrogen-bond acceptors (Lipinski definition) is 5. The molecule has 104 valence electrons. The quantitative estimate of drug-likeness (QED) is 0.852. The largest absolute Gasteiger partial charge is 0.481 e. The number of methoxy groups -OCH3 is 1. The van der Waals surface area contributed by atoms with Crippen molar-refractivity contribution in [1.82, 2.24) is 9.88 Å². The lowest BCUT2D eigenvalue weighted by atomic mass is 10.1. The van der Waals surface area contributed by atoms with Gasteiger partial charge >= 0.3 is 0 Å². The minimum Gasteiger partial charge on any atom is -0.481 e. The van der Waals surface area contributed by atoms with E-state index in [4.69, 9.17) is 14.6 Å². The molecule has 1 fully saturated rings. The van der Waals surface area contributed by atoms with Gasteiger partial charge in [-0.05, 0) is 13.0 Å². The molecule has 6 heteroatoms. The predicted octanol–water partition coefficient (Wildman–Crippen LogP) is 0.312. The first kappa shape index (κ1) is 13.8. The number of rotatable bonds is 3. The zero-order valence-corrected chi connectivity index (χ0v) is 11.1. The monoisotopic (exact) mass is 266 g/mol. The molecule has 1 N–H and O–H groups in total. The van der Waals surface area contributed by atoms with E-state index in [0.717, 1.165) is 0 Å². The Balaban J connectivity index is 2.12. The molecule has 0 bridgehead atoms. The van der Waals surface area contributed by atoms with Crippen LogP contribution in [-0.2, 0) is 4.74 Å². The van der Waals surface area contributed by atoms with Crippen LogP contribution < -0.4 is 4.74 Å². The van der Waals surface area contributed by atoms with E-state index in [2.05, 4.69) is 4.98 Å². The van der Waals surface area contributed by atoms with Gasteiger partial charge in [0.1, 0.15) is 0 Å². The van der Waals surface area contributed by atoms with Gasteiger partial charge in [-0.3, -0.25) is 4.79 Å². The highest BCUT2D eigenvalue weighted by Crippen LogP contribution is 2.16. The van der Waals surface area contributed by atoms with Crippen molar-refractivity contribution in [2.75, 3.05) is 26.9 Å². The summed E-state index contributed by atoms with van der Waals surface area (Å²) in [6.07, 6.45) is 1.18. The van der Waals surface area contributed by atoms with E-state index in [1.807, 2.05) is 6.92 Å². The first-order chi connectivity index (χ1) is 9.15. The summed E-state index contributed by atoms with van der Waals surface area (Å²) in [7, 11) is 1.53. The maximum atomic E-state index is 12.4. The number of amides is 1. The van der Waals surface area contributed by atoms with Gasteiger partial charge in [0.15, 0.2) is 0 Å². The molecule has 1 aromatic rings. The molecule has 0 aromatic carbocycles. The highest BCUT2D eigenvalue weighted by molar-refractivity contribution is 5.94. The summed E-state index contributed by atoms with van der Waals surface area (Å²) in [5.74, 6) is 0.365. The number of nitrogens with zero attached hydrogens (tertiary/aromatic N) is 2. The number of carbonyl (C=O) groups excluding carboxylic acids is 1. The second-order valence-electron chi connectivity index (χ2n) is 4.53. The molecule has 2 atom stereocenters. The summed E-state index contributed by atoms with van der Waals surface area (Å²) in [4.78, 5) is 18.1. The third-order valence-corrected chi connectivity index (χ3v) is 3.16. The highest BCUT2D eigenvalue weighted by atomic mass is 16.5. The van der Waals surface area contributed by atoms with Gasteiger partial charge in [-0.15, -0.1) is 0 Å². The van der Waals surface area contributed by atoms with Crippen LogP contribution in [0.5, 0.6) is 5.88 Å². The average Bonchev–Trinajstić information content (AvgIpc) is 2.47. The van der Waals surface area contributed by atoms with Gasteiger partial charge in [-0.2, -0.15) is 0 Å². The molecule has 0 saturated carbocycles. The molecule has 1 saturated heterocycles. The number of aliphatic hydroxyl groups is 1. The number of pyridine rings is 1. The SMILES string of the molecule is COc1ccc(C(=O)N2CC(CO)OCC2C)cn1. The van der Waals surface area contributed by atoms with Gasteiger partial charge in [-0.25, -0.2) is 4.98 Å². The van der Waals surface area contributed by atoms with E-state index in [1.54, 1.807) is 17.0 Å². The smallest absolute Gasteiger partial charge is 0.255 e. The molecule has 2 unspecified atom stereocenters. The summed E-state index contributed by atoms with van der Waals surface area (Å²) in [5, 5.41) is 9.12. The molecule has 0 aliphatic carbocycles. The van der Waals surface area contributed by atoms with Crippen LogP contribution in [0.25, 0.3) is 0 Å². The van der Waals surface area contributed by atoms with E-state index < -0.39 is 0 Å². The Hall–Kier alpha value is -1.66. The summed E-state index contributed by atoms with van der Waals surface area (Å²) >= 11 is 0. The van der Waals surface area contributed by atoms with Crippen LogP contribution >= 0.6 is 0 Å². The molecule has 0 spiro atoms. The predicted molar refractivity (Wildman–Crippen MR) is 68.1 cm³/mol. The fraction of sp³-hybridized carbons (Fsp3) is 0.538. The van der Waals surface area contributed by atoms with Crippen LogP contribution in [0, 0.1) is 0 Å². The summed E-state index contributed by atoms with van der Waals surface area (Å²) in [5.41, 5.74) is 0.506. The Morgan fingerprint density at radius 1 is 1.63 bits per heavy atom. The van der Waals surface area contributed by atoms with Crippen molar-refractivity contribution < 1.29 is 19.4 Å². The van der Waals surface area contributed by atoms with Crippen molar-refractivity contribution in [1.29, 1.82) is 0 Å². The molecule has 1 aromatic heterocycles. The standard InChI is InChI=1S/C13H18N2O4/c1-9-8-19-11(7-16)6-15(9)13(17)10-3-4-12(18-2)14-5-10/h3-5,9,11,16H,6-8H2,1-2H3. The van der Waals surface area contributed by atoms with Gasteiger partial charge in [0.25, 0.3) is 5.91 Å². The van der Waals surface area contributed by atoms with Crippen LogP contribution in [0.1, 0.15) is 17.3 Å². The Morgan fingerprint density at radius 3 is 3.00 bits per heavy atom. The van der Waals surface area contributed by atoms with Gasteiger partial charge in [0, 0.05) is 18.8 Å². The normalized spacial score (nSPS) is 23.2. The topological polar surface area (TPSA) is 71.9 Å². The van der Waals surface area contributed by atoms with Crippen molar-refractivity contribution in [3.63, 3.8) is 0 Å². The van der Waals surface area contributed by atoms with Crippen LogP contribution in [0.3, 0.4) is 0 Å². The molecule has 2 rings (SSSR count). The zero-order chi connectivity index (χ0) is 13.8. The van der Waals surface area contributed by atoms with E-state index in [0.29, 0.717) is 24.6 Å². The van der Waals surface area contributed by atoms with E-state index in [9.17, 15) is 4.79 Å². The Labute approximate surface area is 112 Å². The highest BCUT2D eigenvalue weighted by Gasteiger charge is 2.29. The van der Waals surface area contributed by atoms with Crippen molar-refractivity contribution >= 4 is 5.91 Å². The maximum Gasteiger partial charge on any atom is 0.255 e. The zero-order valence-electron chi connectivity index (χ0n) is 11.1. The lowest BCUT2D eigenvalue weighted by Gasteiger charge is -2.37. The van der Waals surface area contributed by atoms with Crippen molar-refractivity contribution in [2.24, 2.45) is 0 Å². The van der Waals surface area contributed by atoms with Gasteiger partial charge in [0.05, 0.1) is 38.0 Å². The molecule has 0 radical (unpaired) electrons. The van der Waals surface area contributed by atoms with E-state index in [-0.39, 0.29) is 24.7 Å². The van der Waals surface area contributed by atoms with Crippen LogP contribution in [0.15, 0.2) is 18.3 Å². The summed E-state index contributed by atoms with van der Waals surface area (Å²) in [6.45, 7) is 2.66. The number of aromatic nitrogens is 1. The van der Waals surface area contributed by atoms with E-state index in [1.165, 1.54) is 13.3 Å². The number of ether oxygens (including phenoxy) is 2. The van der Waals surface area contributed by atoms with Gasteiger partial charge in [0.2, 0.25) is 5.88 Å². The maximum absolute atomic E-state index is 12.4. The lowest BCUT2D eigenvalue weighted by Crippen LogP contribution is -2.52. The second-order valence-corrected chi connectivity index (χ2v) is 4.53. The lowest BCUT2D eigenvalue weighted by molar-refractivity contribution is -0.0667. The number of carbonyl (C=O) groups is 1. The molecule has 6 nitrogen and oxygen atoms in total. The van der Waals surface area contributed by atoms with Crippen LogP contribution in [-0.4, -0.2) is 59.9 Å². The summed E-state index contributed by atoms with van der Waals surface area (Å²) in [6, 6.07) is 3.32. The third kappa shape index (κ3) is 3.02. The Kier molecular flexibility index (Phi) is 4.34.